The highest BCUT2D eigenvalue weighted by atomic mass is 31.2. The SMILES string of the molecule is C[C@@H]1C[P@@](=O)(c2ccccc2)c2ccccc21. The van der Waals surface area contributed by atoms with Gasteiger partial charge in [-0.1, -0.05) is 61.5 Å². The molecule has 2 aromatic carbocycles. The summed E-state index contributed by atoms with van der Waals surface area (Å²) in [5, 5.41) is 2.07. The Morgan fingerprint density at radius 2 is 1.65 bits per heavy atom. The fraction of sp³-hybridized carbons (Fsp3) is 0.200. The summed E-state index contributed by atoms with van der Waals surface area (Å²) < 4.78 is 13.2. The first-order chi connectivity index (χ1) is 8.22. The van der Waals surface area contributed by atoms with Gasteiger partial charge >= 0.3 is 0 Å². The third-order valence-electron chi connectivity index (χ3n) is 3.56. The number of benzene rings is 2. The van der Waals surface area contributed by atoms with E-state index in [1.807, 2.05) is 48.5 Å². The number of hydrogen-bond acceptors (Lipinski definition) is 1. The van der Waals surface area contributed by atoms with E-state index in [4.69, 9.17) is 0 Å². The zero-order chi connectivity index (χ0) is 11.9. The summed E-state index contributed by atoms with van der Waals surface area (Å²) >= 11 is 0. The van der Waals surface area contributed by atoms with Crippen molar-refractivity contribution in [2.75, 3.05) is 6.16 Å². The molecule has 3 rings (SSSR count). The zero-order valence-electron chi connectivity index (χ0n) is 9.84. The fourth-order valence-corrected chi connectivity index (χ4v) is 6.08. The minimum atomic E-state index is -2.37. The minimum absolute atomic E-state index is 0.400. The summed E-state index contributed by atoms with van der Waals surface area (Å²) in [6.07, 6.45) is 0.774. The van der Waals surface area contributed by atoms with Crippen LogP contribution in [0.5, 0.6) is 0 Å². The molecule has 2 aromatic rings. The number of rotatable bonds is 1. The number of hydrogen-bond donors (Lipinski definition) is 0. The molecule has 17 heavy (non-hydrogen) atoms. The summed E-state index contributed by atoms with van der Waals surface area (Å²) in [4.78, 5) is 0. The Kier molecular flexibility index (Phi) is 2.45. The van der Waals surface area contributed by atoms with Crippen molar-refractivity contribution in [3.05, 3.63) is 60.2 Å². The third-order valence-corrected chi connectivity index (χ3v) is 6.94. The van der Waals surface area contributed by atoms with Crippen LogP contribution in [0.2, 0.25) is 0 Å². The van der Waals surface area contributed by atoms with Crippen LogP contribution in [0.15, 0.2) is 54.6 Å². The highest BCUT2D eigenvalue weighted by Crippen LogP contribution is 2.53. The average Bonchev–Trinajstić information content (AvgIpc) is 2.65. The molecule has 0 spiro atoms. The van der Waals surface area contributed by atoms with Crippen LogP contribution in [0.4, 0.5) is 0 Å². The van der Waals surface area contributed by atoms with Crippen LogP contribution in [-0.2, 0) is 4.57 Å². The molecule has 1 heterocycles. The Hall–Kier alpha value is -1.33. The van der Waals surface area contributed by atoms with Crippen molar-refractivity contribution in [2.24, 2.45) is 0 Å². The Balaban J connectivity index is 2.22. The molecule has 0 unspecified atom stereocenters. The van der Waals surface area contributed by atoms with Crippen LogP contribution < -0.4 is 10.6 Å². The van der Waals surface area contributed by atoms with E-state index in [1.54, 1.807) is 0 Å². The van der Waals surface area contributed by atoms with E-state index in [0.717, 1.165) is 16.8 Å². The lowest BCUT2D eigenvalue weighted by Gasteiger charge is -2.13. The lowest BCUT2D eigenvalue weighted by atomic mass is 10.0. The number of fused-ring (bicyclic) bond motifs is 1. The molecule has 0 bridgehead atoms. The highest BCUT2D eigenvalue weighted by molar-refractivity contribution is 7.79. The summed E-state index contributed by atoms with van der Waals surface area (Å²) in [6, 6.07) is 18.1. The summed E-state index contributed by atoms with van der Waals surface area (Å²) in [6.45, 7) is 2.17. The molecule has 1 aliphatic rings. The van der Waals surface area contributed by atoms with E-state index in [9.17, 15) is 4.57 Å². The molecule has 0 aliphatic carbocycles. The van der Waals surface area contributed by atoms with Crippen molar-refractivity contribution in [3.8, 4) is 0 Å². The first-order valence-corrected chi connectivity index (χ1v) is 7.85. The Morgan fingerprint density at radius 1 is 1.00 bits per heavy atom. The van der Waals surface area contributed by atoms with Gasteiger partial charge in [-0.3, -0.25) is 0 Å². The Bertz CT molecular complexity index is 589. The molecule has 0 radical (unpaired) electrons. The molecule has 0 fully saturated rings. The van der Waals surface area contributed by atoms with Gasteiger partial charge in [-0.25, -0.2) is 0 Å². The van der Waals surface area contributed by atoms with E-state index in [1.165, 1.54) is 5.56 Å². The first kappa shape index (κ1) is 10.8. The van der Waals surface area contributed by atoms with Crippen molar-refractivity contribution >= 4 is 17.8 Å². The second-order valence-corrected chi connectivity index (χ2v) is 7.56. The van der Waals surface area contributed by atoms with Crippen LogP contribution >= 0.6 is 7.14 Å². The van der Waals surface area contributed by atoms with Crippen molar-refractivity contribution in [1.29, 1.82) is 0 Å². The molecule has 1 aliphatic heterocycles. The van der Waals surface area contributed by atoms with E-state index >= 15 is 0 Å². The Labute approximate surface area is 102 Å². The molecule has 0 saturated carbocycles. The molecule has 0 saturated heterocycles. The molecule has 2 atom stereocenters. The van der Waals surface area contributed by atoms with Gasteiger partial charge in [0.2, 0.25) is 0 Å². The lowest BCUT2D eigenvalue weighted by Crippen LogP contribution is -2.14. The summed E-state index contributed by atoms with van der Waals surface area (Å²) in [5.41, 5.74) is 1.26. The lowest BCUT2D eigenvalue weighted by molar-refractivity contribution is 0.586. The summed E-state index contributed by atoms with van der Waals surface area (Å²) in [5.74, 6) is 0.400. The molecule has 0 N–H and O–H groups in total. The molecule has 0 aromatic heterocycles. The minimum Gasteiger partial charge on any atom is -0.314 e. The van der Waals surface area contributed by atoms with Crippen molar-refractivity contribution in [1.82, 2.24) is 0 Å². The monoisotopic (exact) mass is 242 g/mol. The van der Waals surface area contributed by atoms with Gasteiger partial charge < -0.3 is 4.57 Å². The van der Waals surface area contributed by atoms with E-state index in [0.29, 0.717) is 5.92 Å². The maximum atomic E-state index is 13.2. The second-order valence-electron chi connectivity index (χ2n) is 4.72. The van der Waals surface area contributed by atoms with Gasteiger partial charge in [-0.15, -0.1) is 0 Å². The second kappa shape index (κ2) is 3.85. The normalized spacial score (nSPS) is 26.8. The zero-order valence-corrected chi connectivity index (χ0v) is 10.7. The summed E-state index contributed by atoms with van der Waals surface area (Å²) in [7, 11) is -2.37. The van der Waals surface area contributed by atoms with Gasteiger partial charge in [0.1, 0.15) is 7.14 Å². The predicted molar refractivity (Wildman–Crippen MR) is 73.0 cm³/mol. The predicted octanol–water partition coefficient (Wildman–Crippen LogP) is 3.12. The topological polar surface area (TPSA) is 17.1 Å². The first-order valence-electron chi connectivity index (χ1n) is 5.96. The van der Waals surface area contributed by atoms with Crippen molar-refractivity contribution in [2.45, 2.75) is 12.8 Å². The van der Waals surface area contributed by atoms with Crippen LogP contribution in [0.3, 0.4) is 0 Å². The average molecular weight is 242 g/mol. The maximum absolute atomic E-state index is 13.2. The van der Waals surface area contributed by atoms with Gasteiger partial charge in [-0.05, 0) is 11.5 Å². The van der Waals surface area contributed by atoms with E-state index in [2.05, 4.69) is 13.0 Å². The van der Waals surface area contributed by atoms with Crippen LogP contribution in [0.25, 0.3) is 0 Å². The molecule has 1 nitrogen and oxygen atoms in total. The molecule has 0 amide bonds. The van der Waals surface area contributed by atoms with Crippen LogP contribution in [0, 0.1) is 0 Å². The molecule has 2 heteroatoms. The van der Waals surface area contributed by atoms with Gasteiger partial charge in [-0.2, -0.15) is 0 Å². The van der Waals surface area contributed by atoms with E-state index < -0.39 is 7.14 Å². The quantitative estimate of drug-likeness (QED) is 0.702. The smallest absolute Gasteiger partial charge is 0.144 e. The van der Waals surface area contributed by atoms with Crippen LogP contribution in [0.1, 0.15) is 18.4 Å². The van der Waals surface area contributed by atoms with Gasteiger partial charge in [0.15, 0.2) is 0 Å². The van der Waals surface area contributed by atoms with Crippen molar-refractivity contribution < 1.29 is 4.57 Å². The van der Waals surface area contributed by atoms with E-state index in [-0.39, 0.29) is 0 Å². The molecular weight excluding hydrogens is 227 g/mol. The maximum Gasteiger partial charge on any atom is 0.144 e. The highest BCUT2D eigenvalue weighted by Gasteiger charge is 2.38. The van der Waals surface area contributed by atoms with Gasteiger partial charge in [0.25, 0.3) is 0 Å². The molecule has 86 valence electrons. The standard InChI is InChI=1S/C15H15OP/c1-12-11-17(16,13-7-3-2-4-8-13)15-10-6-5-9-14(12)15/h2-10,12H,11H2,1H3/t12-,17-/m1/s1. The van der Waals surface area contributed by atoms with Crippen LogP contribution in [-0.4, -0.2) is 6.16 Å². The Morgan fingerprint density at radius 3 is 2.41 bits per heavy atom. The van der Waals surface area contributed by atoms with Gasteiger partial charge in [0.05, 0.1) is 0 Å². The fourth-order valence-electron chi connectivity index (χ4n) is 2.73. The largest absolute Gasteiger partial charge is 0.314 e. The molecular formula is C15H15OP. The van der Waals surface area contributed by atoms with Gasteiger partial charge in [0, 0.05) is 16.8 Å². The van der Waals surface area contributed by atoms with Crippen molar-refractivity contribution in [3.63, 3.8) is 0 Å². The third kappa shape index (κ3) is 1.57.